The van der Waals surface area contributed by atoms with Gasteiger partial charge in [-0.25, -0.2) is 0 Å². The molecule has 2 amide bonds. The Labute approximate surface area is 149 Å². The van der Waals surface area contributed by atoms with Gasteiger partial charge in [0.05, 0.1) is 0 Å². The normalized spacial score (nSPS) is 14.4. The van der Waals surface area contributed by atoms with Gasteiger partial charge < -0.3 is 15.5 Å². The SMILES string of the molecule is N#C/C(=C/Nc1cccc(Br)c1)C(=O)NCCCN1CCCC1=O. The molecule has 1 aliphatic rings. The maximum absolute atomic E-state index is 12.0. The summed E-state index contributed by atoms with van der Waals surface area (Å²) in [4.78, 5) is 25.3. The summed E-state index contributed by atoms with van der Waals surface area (Å²) in [6.07, 6.45) is 3.60. The zero-order valence-electron chi connectivity index (χ0n) is 13.2. The van der Waals surface area contributed by atoms with Crippen molar-refractivity contribution in [2.75, 3.05) is 25.0 Å². The topological polar surface area (TPSA) is 85.2 Å². The van der Waals surface area contributed by atoms with E-state index in [1.807, 2.05) is 35.2 Å². The molecule has 0 unspecified atom stereocenters. The Morgan fingerprint density at radius 3 is 2.96 bits per heavy atom. The highest BCUT2D eigenvalue weighted by molar-refractivity contribution is 9.10. The summed E-state index contributed by atoms with van der Waals surface area (Å²) in [7, 11) is 0. The molecule has 2 N–H and O–H groups in total. The Balaban J connectivity index is 1.77. The van der Waals surface area contributed by atoms with Gasteiger partial charge in [-0.2, -0.15) is 5.26 Å². The molecule has 7 heteroatoms. The Morgan fingerprint density at radius 2 is 2.29 bits per heavy atom. The van der Waals surface area contributed by atoms with Crippen molar-refractivity contribution < 1.29 is 9.59 Å². The number of anilines is 1. The minimum absolute atomic E-state index is 0.00669. The van der Waals surface area contributed by atoms with Crippen LogP contribution in [0.2, 0.25) is 0 Å². The third-order valence-corrected chi connectivity index (χ3v) is 4.13. The molecule has 24 heavy (non-hydrogen) atoms. The molecule has 0 saturated carbocycles. The number of likely N-dealkylation sites (tertiary alicyclic amines) is 1. The third-order valence-electron chi connectivity index (χ3n) is 3.63. The standard InChI is InChI=1S/C17H19BrN4O2/c18-14-4-1-5-15(10-14)21-12-13(11-19)17(24)20-7-3-9-22-8-2-6-16(22)23/h1,4-5,10,12,21H,2-3,6-9H2,(H,20,24)/b13-12-. The first kappa shape index (κ1) is 18.0. The molecule has 126 valence electrons. The fourth-order valence-corrected chi connectivity index (χ4v) is 2.79. The number of rotatable bonds is 7. The first-order chi connectivity index (χ1) is 11.6. The van der Waals surface area contributed by atoms with Crippen LogP contribution in [0.25, 0.3) is 0 Å². The van der Waals surface area contributed by atoms with Crippen LogP contribution in [0.15, 0.2) is 40.5 Å². The van der Waals surface area contributed by atoms with Crippen molar-refractivity contribution >= 4 is 33.4 Å². The van der Waals surface area contributed by atoms with Crippen LogP contribution in [-0.2, 0) is 9.59 Å². The highest BCUT2D eigenvalue weighted by Crippen LogP contribution is 2.15. The van der Waals surface area contributed by atoms with Crippen molar-refractivity contribution in [1.29, 1.82) is 5.26 Å². The van der Waals surface area contributed by atoms with Gasteiger partial charge in [-0.05, 0) is 31.0 Å². The number of nitrogens with one attached hydrogen (secondary N) is 2. The number of carbonyl (C=O) groups excluding carboxylic acids is 2. The van der Waals surface area contributed by atoms with Crippen molar-refractivity contribution in [2.24, 2.45) is 0 Å². The van der Waals surface area contributed by atoms with E-state index in [-0.39, 0.29) is 11.5 Å². The second-order valence-corrected chi connectivity index (χ2v) is 6.33. The Morgan fingerprint density at radius 1 is 1.46 bits per heavy atom. The van der Waals surface area contributed by atoms with Gasteiger partial charge in [-0.1, -0.05) is 22.0 Å². The zero-order valence-corrected chi connectivity index (χ0v) is 14.8. The average molecular weight is 391 g/mol. The summed E-state index contributed by atoms with van der Waals surface area (Å²) in [6.45, 7) is 1.87. The molecule has 1 saturated heterocycles. The van der Waals surface area contributed by atoms with E-state index in [1.54, 1.807) is 0 Å². The van der Waals surface area contributed by atoms with Gasteiger partial charge >= 0.3 is 0 Å². The van der Waals surface area contributed by atoms with Crippen LogP contribution >= 0.6 is 15.9 Å². The van der Waals surface area contributed by atoms with E-state index in [0.717, 1.165) is 23.1 Å². The van der Waals surface area contributed by atoms with Gasteiger partial charge in [-0.3, -0.25) is 9.59 Å². The largest absolute Gasteiger partial charge is 0.360 e. The summed E-state index contributed by atoms with van der Waals surface area (Å²) in [5.74, 6) is -0.245. The van der Waals surface area contributed by atoms with E-state index in [1.165, 1.54) is 6.20 Å². The average Bonchev–Trinajstić information content (AvgIpc) is 2.97. The number of hydrogen-bond donors (Lipinski definition) is 2. The van der Waals surface area contributed by atoms with E-state index in [0.29, 0.717) is 25.9 Å². The van der Waals surface area contributed by atoms with E-state index < -0.39 is 5.91 Å². The van der Waals surface area contributed by atoms with E-state index >= 15 is 0 Å². The molecule has 0 aromatic heterocycles. The molecule has 1 aliphatic heterocycles. The first-order valence-electron chi connectivity index (χ1n) is 7.78. The second kappa shape index (κ2) is 9.08. The fraction of sp³-hybridized carbons (Fsp3) is 0.353. The van der Waals surface area contributed by atoms with E-state index in [2.05, 4.69) is 26.6 Å². The molecule has 2 rings (SSSR count). The lowest BCUT2D eigenvalue weighted by atomic mass is 10.2. The molecule has 1 aromatic carbocycles. The predicted octanol–water partition coefficient (Wildman–Crippen LogP) is 2.40. The number of hydrogen-bond acceptors (Lipinski definition) is 4. The molecule has 1 heterocycles. The number of nitrogens with zero attached hydrogens (tertiary/aromatic N) is 2. The van der Waals surface area contributed by atoms with Crippen LogP contribution in [0, 0.1) is 11.3 Å². The van der Waals surface area contributed by atoms with Crippen LogP contribution in [-0.4, -0.2) is 36.3 Å². The quantitative estimate of drug-likeness (QED) is 0.425. The Bertz CT molecular complexity index is 681. The Kier molecular flexibility index (Phi) is 6.82. The van der Waals surface area contributed by atoms with Crippen molar-refractivity contribution in [3.8, 4) is 6.07 Å². The first-order valence-corrected chi connectivity index (χ1v) is 8.58. The van der Waals surface area contributed by atoms with Gasteiger partial charge in [0.25, 0.3) is 5.91 Å². The predicted molar refractivity (Wildman–Crippen MR) is 94.9 cm³/mol. The summed E-state index contributed by atoms with van der Waals surface area (Å²) >= 11 is 3.36. The van der Waals surface area contributed by atoms with Gasteiger partial charge in [-0.15, -0.1) is 0 Å². The van der Waals surface area contributed by atoms with E-state index in [4.69, 9.17) is 5.26 Å². The lowest BCUT2D eigenvalue weighted by Crippen LogP contribution is -2.31. The van der Waals surface area contributed by atoms with Crippen LogP contribution < -0.4 is 10.6 Å². The second-order valence-electron chi connectivity index (χ2n) is 5.42. The van der Waals surface area contributed by atoms with Crippen LogP contribution in [0.4, 0.5) is 5.69 Å². The highest BCUT2D eigenvalue weighted by Gasteiger charge is 2.19. The maximum Gasteiger partial charge on any atom is 0.263 e. The van der Waals surface area contributed by atoms with Crippen molar-refractivity contribution in [1.82, 2.24) is 10.2 Å². The number of benzene rings is 1. The monoisotopic (exact) mass is 390 g/mol. The highest BCUT2D eigenvalue weighted by atomic mass is 79.9. The molecule has 0 radical (unpaired) electrons. The summed E-state index contributed by atoms with van der Waals surface area (Å²) in [5.41, 5.74) is 0.782. The zero-order chi connectivity index (χ0) is 17.4. The van der Waals surface area contributed by atoms with Crippen molar-refractivity contribution in [2.45, 2.75) is 19.3 Å². The summed E-state index contributed by atoms with van der Waals surface area (Å²) < 4.78 is 0.903. The molecule has 6 nitrogen and oxygen atoms in total. The maximum atomic E-state index is 12.0. The Hall–Kier alpha value is -2.33. The third kappa shape index (κ3) is 5.39. The molecular weight excluding hydrogens is 372 g/mol. The molecule has 1 aromatic rings. The van der Waals surface area contributed by atoms with Crippen molar-refractivity contribution in [3.05, 3.63) is 40.5 Å². The van der Waals surface area contributed by atoms with Gasteiger partial charge in [0.1, 0.15) is 11.6 Å². The molecule has 0 bridgehead atoms. The molecule has 0 aliphatic carbocycles. The summed E-state index contributed by atoms with van der Waals surface area (Å²) in [5, 5.41) is 14.7. The number of nitriles is 1. The minimum Gasteiger partial charge on any atom is -0.360 e. The molecule has 1 fully saturated rings. The number of halogens is 1. The molecular formula is C17H19BrN4O2. The van der Waals surface area contributed by atoms with Crippen LogP contribution in [0.3, 0.4) is 0 Å². The lowest BCUT2D eigenvalue weighted by Gasteiger charge is -2.15. The van der Waals surface area contributed by atoms with Crippen LogP contribution in [0.1, 0.15) is 19.3 Å². The number of carbonyl (C=O) groups is 2. The van der Waals surface area contributed by atoms with Gasteiger partial charge in [0, 0.05) is 42.4 Å². The lowest BCUT2D eigenvalue weighted by molar-refractivity contribution is -0.127. The van der Waals surface area contributed by atoms with Gasteiger partial charge in [0.15, 0.2) is 0 Å². The minimum atomic E-state index is -0.423. The van der Waals surface area contributed by atoms with Gasteiger partial charge in [0.2, 0.25) is 5.91 Å². The van der Waals surface area contributed by atoms with Crippen molar-refractivity contribution in [3.63, 3.8) is 0 Å². The smallest absolute Gasteiger partial charge is 0.263 e. The van der Waals surface area contributed by atoms with Crippen LogP contribution in [0.5, 0.6) is 0 Å². The molecule has 0 spiro atoms. The fourth-order valence-electron chi connectivity index (χ4n) is 2.39. The summed E-state index contributed by atoms with van der Waals surface area (Å²) in [6, 6.07) is 9.30. The number of amides is 2. The molecule has 0 atom stereocenters. The van der Waals surface area contributed by atoms with E-state index in [9.17, 15) is 9.59 Å².